The number of ether oxygens (including phenoxy) is 2. The fourth-order valence-electron chi connectivity index (χ4n) is 16.9. The number of allylic oxidation sites excluding steroid dienone is 9. The molecule has 0 atom stereocenters. The van der Waals surface area contributed by atoms with E-state index in [0.717, 1.165) is 121 Å². The highest BCUT2D eigenvalue weighted by Crippen LogP contribution is 2.52. The minimum absolute atomic E-state index is 0.0459. The monoisotopic (exact) mass is 1910 g/mol. The second kappa shape index (κ2) is 37.1. The molecule has 0 heterocycles. The number of rotatable bonds is 10. The highest BCUT2D eigenvalue weighted by Gasteiger charge is 2.51. The van der Waals surface area contributed by atoms with Crippen LogP contribution in [0.25, 0.3) is 62.5 Å². The molecule has 0 aromatic heterocycles. The predicted octanol–water partition coefficient (Wildman–Crippen LogP) is 21.7. The molecule has 6 aliphatic carbocycles. The van der Waals surface area contributed by atoms with Gasteiger partial charge in [0.2, 0.25) is 0 Å². The van der Waals surface area contributed by atoms with Crippen LogP contribution in [0.1, 0.15) is 77.9 Å². The molecule has 0 bridgehead atoms. The zero-order valence-electron chi connectivity index (χ0n) is 67.2. The summed E-state index contributed by atoms with van der Waals surface area (Å²) < 4.78 is 354. The molecule has 0 spiro atoms. The number of fused-ring (bicyclic) bond motifs is 6. The van der Waals surface area contributed by atoms with Gasteiger partial charge in [0.1, 0.15) is 139 Å². The van der Waals surface area contributed by atoms with Gasteiger partial charge in [-0.15, -0.1) is 26.3 Å². The molecule has 9 aromatic rings. The molecule has 6 aliphatic rings. The van der Waals surface area contributed by atoms with E-state index < -0.39 is 265 Å². The average molecular weight is 1910 g/mol. The van der Waals surface area contributed by atoms with Crippen LogP contribution in [0.3, 0.4) is 0 Å². The van der Waals surface area contributed by atoms with E-state index in [4.69, 9.17) is 39.4 Å². The van der Waals surface area contributed by atoms with Crippen molar-refractivity contribution >= 4 is 57.0 Å². The van der Waals surface area contributed by atoms with Crippen molar-refractivity contribution < 1.29 is 115 Å². The summed E-state index contributed by atoms with van der Waals surface area (Å²) in [5, 5.41) is 54.4. The maximum Gasteiger partial charge on any atom is 0.573 e. The van der Waals surface area contributed by atoms with Crippen molar-refractivity contribution in [3.05, 3.63) is 426 Å². The van der Waals surface area contributed by atoms with Crippen molar-refractivity contribution in [2.24, 2.45) is 0 Å². The summed E-state index contributed by atoms with van der Waals surface area (Å²) in [5.41, 5.74) is -22.3. The van der Waals surface area contributed by atoms with E-state index in [1.54, 1.807) is 24.3 Å². The Morgan fingerprint density at radius 1 is 0.265 bits per heavy atom. The Morgan fingerprint density at radius 3 is 0.684 bits per heavy atom. The van der Waals surface area contributed by atoms with Crippen LogP contribution >= 0.6 is 23.5 Å². The Hall–Kier alpha value is -16.9. The van der Waals surface area contributed by atoms with E-state index in [9.17, 15) is 111 Å². The predicted molar refractivity (Wildman–Crippen MR) is 435 cm³/mol. The van der Waals surface area contributed by atoms with Gasteiger partial charge in [-0.2, -0.15) is 113 Å². The Kier molecular flexibility index (Phi) is 26.3. The van der Waals surface area contributed by atoms with Crippen LogP contribution < -0.4 is 40.8 Å². The van der Waals surface area contributed by atoms with Crippen LogP contribution in [0.2, 0.25) is 0 Å². The minimum atomic E-state index is -5.45. The molecular weight excluding hydrogens is 1870 g/mol. The zero-order chi connectivity index (χ0) is 99.2. The number of alkyl halides is 18. The molecule has 0 aliphatic heterocycles. The third kappa shape index (κ3) is 18.6. The first-order chi connectivity index (χ1) is 64.2. The van der Waals surface area contributed by atoms with Gasteiger partial charge in [-0.25, -0.2) is 26.3 Å². The van der Waals surface area contributed by atoms with Gasteiger partial charge in [0.05, 0.1) is 27.8 Å². The molecule has 136 heavy (non-hydrogen) atoms. The first kappa shape index (κ1) is 96.7. The van der Waals surface area contributed by atoms with Crippen molar-refractivity contribution in [3.63, 3.8) is 0 Å². The van der Waals surface area contributed by atoms with Crippen LogP contribution in [0, 0.1) is 142 Å². The van der Waals surface area contributed by atoms with Gasteiger partial charge < -0.3 is 9.47 Å². The Balaban J connectivity index is 0.000000173. The van der Waals surface area contributed by atoms with E-state index in [1.807, 2.05) is 0 Å². The van der Waals surface area contributed by atoms with E-state index in [0.29, 0.717) is 0 Å². The van der Waals surface area contributed by atoms with Gasteiger partial charge in [0, 0.05) is 67.5 Å². The smallest absolute Gasteiger partial charge is 0.405 e. The van der Waals surface area contributed by atoms with Crippen molar-refractivity contribution in [2.45, 2.75) is 84.4 Å². The van der Waals surface area contributed by atoms with Gasteiger partial charge in [-0.1, -0.05) is 72.8 Å². The summed E-state index contributed by atoms with van der Waals surface area (Å²) in [5.74, 6) is -8.68. The van der Waals surface area contributed by atoms with Crippen molar-refractivity contribution in [3.8, 4) is 47.9 Å². The number of thioether (sulfide) groups is 2. The number of hydrogen-bond acceptors (Lipinski definition) is 10. The van der Waals surface area contributed by atoms with Gasteiger partial charge in [-0.3, -0.25) is 0 Å². The summed E-state index contributed by atoms with van der Waals surface area (Å²) in [6, 6.07) is 33.9. The molecule has 0 saturated heterocycles. The van der Waals surface area contributed by atoms with Crippen LogP contribution in [0.5, 0.6) is 11.5 Å². The SMILES string of the molecule is [C-]#[N+]C([N+]#[C-])=C1Cc2c(C(F)(F)F)c3c(c(C(F)(F)F)c2=C1c1ccc(F)cc1)CC(=C(C#N)C#N)C=3c1ccc(F)cc1.[C-]#[N+]C([N+]#[C-])=C1Cc2c(OC(F)(F)F)c3c(c(OC(F)(F)F)c2=C1c1ccc(F)cc1)CC(=C(C#N)C#N)C=3c1ccc(F)cc1.[C-]#[N+]C([N+]#[C-])=C1Cc2c(SC(F)(F)F)c3c(c(SC(F)(F)F)c2=C1c1ccc(F)cc1)CC(=C(C#N)C#N)C=3c1ccc(F)cc1. The molecule has 0 radical (unpaired) electrons. The Bertz CT molecular complexity index is 7070. The first-order valence-electron chi connectivity index (χ1n) is 37.9. The fraction of sp³-hybridized carbons (Fsp3) is 0.125. The molecule has 0 fully saturated rings. The second-order valence-electron chi connectivity index (χ2n) is 29.0. The number of benzene rings is 9. The molecular formula is C96H36F24N12O2S2. The van der Waals surface area contributed by atoms with Crippen molar-refractivity contribution in [2.75, 3.05) is 0 Å². The van der Waals surface area contributed by atoms with Crippen molar-refractivity contribution in [1.82, 2.24) is 0 Å². The minimum Gasteiger partial charge on any atom is -0.405 e. The summed E-state index contributed by atoms with van der Waals surface area (Å²) in [4.78, 5) is 17.6. The molecule has 672 valence electrons. The first-order valence-corrected chi connectivity index (χ1v) is 39.5. The average Bonchev–Trinajstić information content (AvgIpc) is 1.60. The van der Waals surface area contributed by atoms with Gasteiger partial charge in [-0.05, 0) is 225 Å². The second-order valence-corrected chi connectivity index (χ2v) is 31.2. The topological polar surface area (TPSA) is 187 Å². The Morgan fingerprint density at radius 2 is 0.456 bits per heavy atom. The van der Waals surface area contributed by atoms with Gasteiger partial charge >= 0.3 is 53.6 Å². The van der Waals surface area contributed by atoms with E-state index in [2.05, 4.69) is 38.5 Å². The summed E-state index contributed by atoms with van der Waals surface area (Å²) in [6.45, 7) is 44.8. The number of halogens is 24. The summed E-state index contributed by atoms with van der Waals surface area (Å²) in [7, 11) is 0. The van der Waals surface area contributed by atoms with Gasteiger partial charge in [0.15, 0.2) is 0 Å². The molecule has 14 nitrogen and oxygen atoms in total. The highest BCUT2D eigenvalue weighted by molar-refractivity contribution is 8.00. The Labute approximate surface area is 757 Å². The molecule has 40 heteroatoms. The molecule has 15 rings (SSSR count). The van der Waals surface area contributed by atoms with E-state index in [-0.39, 0.29) is 99.5 Å². The summed E-state index contributed by atoms with van der Waals surface area (Å²) >= 11 is -1.25. The van der Waals surface area contributed by atoms with Gasteiger partial charge in [0.25, 0.3) is 0 Å². The standard InChI is InChI=1S/C32H12F8N4O2.C32H12F8N4S2.C32H12F8N4/c2*1-43-30(44-2)23-12-22-27(25(23)16-5-9-19(34)10-6-16)28(45-31(35,36)37)21-11-20(17(13-41)14-42)24(15-3-7-18(33)8-4-15)26(21)29(22)46-32(38,39)40;1-43-30(44-2)23-12-22-27(25(23)16-5-9-19(34)10-6-16)28(31(35,36)37)21-11-20(17(13-41)14-42)24(15-3-7-18(33)8-4-15)26(21)29(22)32(38,39)40/h2*3-10H,11-12H2;3-10H,11-12H2. The summed E-state index contributed by atoms with van der Waals surface area (Å²) in [6.07, 6.45) is -25.9. The lowest BCUT2D eigenvalue weighted by Crippen LogP contribution is -2.36. The van der Waals surface area contributed by atoms with Crippen LogP contribution in [-0.2, 0) is 50.9 Å². The van der Waals surface area contributed by atoms with Crippen LogP contribution in [-0.4, -0.2) is 23.7 Å². The van der Waals surface area contributed by atoms with Crippen molar-refractivity contribution in [1.29, 1.82) is 31.6 Å². The molecule has 0 amide bonds. The number of nitriles is 6. The molecule has 0 unspecified atom stereocenters. The van der Waals surface area contributed by atoms with E-state index in [1.165, 1.54) is 36.4 Å². The maximum atomic E-state index is 15.1. The van der Waals surface area contributed by atoms with Crippen LogP contribution in [0.15, 0.2) is 223 Å². The fourth-order valence-corrected chi connectivity index (χ4v) is 18.6. The number of nitrogens with zero attached hydrogens (tertiary/aromatic N) is 12. The molecule has 9 aromatic carbocycles. The third-order valence-electron chi connectivity index (χ3n) is 21.6. The largest absolute Gasteiger partial charge is 0.573 e. The van der Waals surface area contributed by atoms with Crippen LogP contribution in [0.4, 0.5) is 105 Å². The maximum absolute atomic E-state index is 15.1. The molecule has 0 saturated carbocycles. The highest BCUT2D eigenvalue weighted by atomic mass is 32.2. The lowest BCUT2D eigenvalue weighted by Gasteiger charge is -2.19. The number of hydrogen-bond donors (Lipinski definition) is 0. The zero-order valence-corrected chi connectivity index (χ0v) is 68.8. The lowest BCUT2D eigenvalue weighted by molar-refractivity contribution is -0.277. The van der Waals surface area contributed by atoms with E-state index >= 15 is 26.3 Å². The quantitative estimate of drug-likeness (QED) is 0.0552. The normalized spacial score (nSPS) is 13.8. The third-order valence-corrected chi connectivity index (χ3v) is 23.4. The lowest BCUT2D eigenvalue weighted by atomic mass is 9.91. The molecule has 0 N–H and O–H groups in total.